The van der Waals surface area contributed by atoms with Gasteiger partial charge in [0.1, 0.15) is 17.2 Å². The third-order valence-corrected chi connectivity index (χ3v) is 6.09. The number of carbonyl (C=O) groups excluding carboxylic acids is 1. The molecule has 6 nitrogen and oxygen atoms in total. The fourth-order valence-electron chi connectivity index (χ4n) is 3.17. The summed E-state index contributed by atoms with van der Waals surface area (Å²) in [5, 5.41) is 3.48. The maximum atomic E-state index is 13.3. The van der Waals surface area contributed by atoms with Crippen LogP contribution in [0.1, 0.15) is 30.1 Å². The summed E-state index contributed by atoms with van der Waals surface area (Å²) in [4.78, 5) is 34.7. The van der Waals surface area contributed by atoms with Crippen LogP contribution in [0.2, 0.25) is 0 Å². The number of hydrogen-bond acceptors (Lipinski definition) is 5. The fourth-order valence-corrected chi connectivity index (χ4v) is 4.20. The maximum Gasteiger partial charge on any atom is 0.263 e. The van der Waals surface area contributed by atoms with Crippen LogP contribution in [0.5, 0.6) is 0 Å². The van der Waals surface area contributed by atoms with E-state index in [2.05, 4.69) is 24.1 Å². The van der Waals surface area contributed by atoms with Crippen molar-refractivity contribution in [3.63, 3.8) is 0 Å². The standard InChI is InChI=1S/C21H26N4O2S/c1-5-24(6-2)12-17-23-20-19(14(3)15(4)28-20)21(27)25(17)13-18(26)22-16-10-8-7-9-11-16/h7-11H,5-6,12-13H2,1-4H3,(H,22,26). The Kier molecular flexibility index (Phi) is 6.26. The summed E-state index contributed by atoms with van der Waals surface area (Å²) >= 11 is 1.54. The van der Waals surface area contributed by atoms with Gasteiger partial charge in [0.05, 0.1) is 11.9 Å². The van der Waals surface area contributed by atoms with Gasteiger partial charge in [-0.2, -0.15) is 0 Å². The predicted molar refractivity (Wildman–Crippen MR) is 115 cm³/mol. The second-order valence-electron chi connectivity index (χ2n) is 6.76. The van der Waals surface area contributed by atoms with E-state index in [1.165, 1.54) is 15.9 Å². The fraction of sp³-hybridized carbons (Fsp3) is 0.381. The van der Waals surface area contributed by atoms with Gasteiger partial charge in [0.25, 0.3) is 5.56 Å². The molecule has 3 aromatic rings. The van der Waals surface area contributed by atoms with Crippen LogP contribution in [-0.4, -0.2) is 33.4 Å². The molecule has 1 aromatic carbocycles. The Bertz CT molecular complexity index is 1040. The van der Waals surface area contributed by atoms with Crippen molar-refractivity contribution in [2.45, 2.75) is 40.8 Å². The van der Waals surface area contributed by atoms with Gasteiger partial charge in [-0.05, 0) is 44.6 Å². The number of aryl methyl sites for hydroxylation is 2. The van der Waals surface area contributed by atoms with Gasteiger partial charge < -0.3 is 5.32 Å². The summed E-state index contributed by atoms with van der Waals surface area (Å²) in [7, 11) is 0. The van der Waals surface area contributed by atoms with E-state index in [0.717, 1.165) is 28.4 Å². The van der Waals surface area contributed by atoms with E-state index in [1.54, 1.807) is 0 Å². The zero-order valence-corrected chi connectivity index (χ0v) is 17.6. The van der Waals surface area contributed by atoms with Gasteiger partial charge in [0, 0.05) is 10.6 Å². The first-order valence-electron chi connectivity index (χ1n) is 9.51. The number of para-hydroxylation sites is 1. The maximum absolute atomic E-state index is 13.3. The van der Waals surface area contributed by atoms with Crippen LogP contribution >= 0.6 is 11.3 Å². The first-order chi connectivity index (χ1) is 13.4. The van der Waals surface area contributed by atoms with E-state index < -0.39 is 0 Å². The monoisotopic (exact) mass is 398 g/mol. The van der Waals surface area contributed by atoms with Crippen molar-refractivity contribution in [1.29, 1.82) is 0 Å². The molecule has 7 heteroatoms. The van der Waals surface area contributed by atoms with Crippen molar-refractivity contribution in [2.75, 3.05) is 18.4 Å². The van der Waals surface area contributed by atoms with Gasteiger partial charge in [-0.25, -0.2) is 4.98 Å². The molecule has 0 saturated heterocycles. The normalized spacial score (nSPS) is 11.3. The number of thiophene rings is 1. The topological polar surface area (TPSA) is 67.2 Å². The molecular formula is C21H26N4O2S. The smallest absolute Gasteiger partial charge is 0.263 e. The summed E-state index contributed by atoms with van der Waals surface area (Å²) in [6.07, 6.45) is 0. The van der Waals surface area contributed by atoms with Gasteiger partial charge in [-0.3, -0.25) is 19.1 Å². The van der Waals surface area contributed by atoms with Gasteiger partial charge in [0.2, 0.25) is 5.91 Å². The number of amides is 1. The van der Waals surface area contributed by atoms with E-state index in [9.17, 15) is 9.59 Å². The summed E-state index contributed by atoms with van der Waals surface area (Å²) in [6, 6.07) is 9.26. The van der Waals surface area contributed by atoms with E-state index in [0.29, 0.717) is 23.4 Å². The van der Waals surface area contributed by atoms with E-state index in [1.807, 2.05) is 44.2 Å². The van der Waals surface area contributed by atoms with Gasteiger partial charge >= 0.3 is 0 Å². The molecule has 2 aromatic heterocycles. The SMILES string of the molecule is CCN(CC)Cc1nc2sc(C)c(C)c2c(=O)n1CC(=O)Nc1ccccc1. The second kappa shape index (κ2) is 8.67. The zero-order valence-electron chi connectivity index (χ0n) is 16.8. The highest BCUT2D eigenvalue weighted by atomic mass is 32.1. The summed E-state index contributed by atoms with van der Waals surface area (Å²) in [5.41, 5.74) is 1.52. The molecule has 0 aliphatic heterocycles. The molecule has 0 atom stereocenters. The summed E-state index contributed by atoms with van der Waals surface area (Å²) in [6.45, 7) is 10.3. The van der Waals surface area contributed by atoms with Crippen LogP contribution in [0, 0.1) is 13.8 Å². The minimum Gasteiger partial charge on any atom is -0.325 e. The molecule has 3 rings (SSSR count). The average Bonchev–Trinajstić information content (AvgIpc) is 2.97. The molecule has 148 valence electrons. The Morgan fingerprint density at radius 2 is 1.86 bits per heavy atom. The van der Waals surface area contributed by atoms with Crippen LogP contribution in [0.3, 0.4) is 0 Å². The number of nitrogens with one attached hydrogen (secondary N) is 1. The molecule has 1 amide bonds. The number of benzene rings is 1. The first kappa shape index (κ1) is 20.2. The third-order valence-electron chi connectivity index (χ3n) is 4.99. The zero-order chi connectivity index (χ0) is 20.3. The van der Waals surface area contributed by atoms with Crippen LogP contribution in [-0.2, 0) is 17.9 Å². The Labute approximate surface area is 168 Å². The average molecular weight is 399 g/mol. The van der Waals surface area contributed by atoms with Crippen molar-refractivity contribution in [2.24, 2.45) is 0 Å². The highest BCUT2D eigenvalue weighted by molar-refractivity contribution is 7.18. The van der Waals surface area contributed by atoms with Gasteiger partial charge in [0.15, 0.2) is 0 Å². The van der Waals surface area contributed by atoms with E-state index in [-0.39, 0.29) is 18.0 Å². The molecule has 0 bridgehead atoms. The molecule has 28 heavy (non-hydrogen) atoms. The number of anilines is 1. The van der Waals surface area contributed by atoms with E-state index in [4.69, 9.17) is 4.98 Å². The van der Waals surface area contributed by atoms with Crippen molar-refractivity contribution < 1.29 is 4.79 Å². The number of rotatable bonds is 7. The Hall–Kier alpha value is -2.51. The molecule has 0 radical (unpaired) electrons. The van der Waals surface area contributed by atoms with Gasteiger partial charge in [-0.15, -0.1) is 11.3 Å². The molecule has 2 heterocycles. The molecule has 0 saturated carbocycles. The van der Waals surface area contributed by atoms with Gasteiger partial charge in [-0.1, -0.05) is 32.0 Å². The Morgan fingerprint density at radius 1 is 1.18 bits per heavy atom. The van der Waals surface area contributed by atoms with Crippen molar-refractivity contribution in [3.8, 4) is 0 Å². The van der Waals surface area contributed by atoms with Crippen LogP contribution in [0.4, 0.5) is 5.69 Å². The Morgan fingerprint density at radius 3 is 2.50 bits per heavy atom. The van der Waals surface area contributed by atoms with Crippen LogP contribution in [0.15, 0.2) is 35.1 Å². The minimum absolute atomic E-state index is 0.0540. The van der Waals surface area contributed by atoms with Crippen molar-refractivity contribution >= 4 is 33.1 Å². The lowest BCUT2D eigenvalue weighted by Gasteiger charge is -2.20. The first-order valence-corrected chi connectivity index (χ1v) is 10.3. The molecule has 0 aliphatic rings. The van der Waals surface area contributed by atoms with Crippen molar-refractivity contribution in [3.05, 3.63) is 57.0 Å². The molecule has 1 N–H and O–H groups in total. The highest BCUT2D eigenvalue weighted by Gasteiger charge is 2.19. The number of carbonyl (C=O) groups is 1. The predicted octanol–water partition coefficient (Wildman–Crippen LogP) is 3.56. The summed E-state index contributed by atoms with van der Waals surface area (Å²) in [5.74, 6) is 0.394. The van der Waals surface area contributed by atoms with Crippen LogP contribution < -0.4 is 10.9 Å². The third kappa shape index (κ3) is 4.15. The summed E-state index contributed by atoms with van der Waals surface area (Å²) < 4.78 is 1.53. The molecule has 0 unspecified atom stereocenters. The quantitative estimate of drug-likeness (QED) is 0.661. The lowest BCUT2D eigenvalue weighted by Crippen LogP contribution is -2.34. The molecule has 0 spiro atoms. The van der Waals surface area contributed by atoms with Crippen LogP contribution in [0.25, 0.3) is 10.2 Å². The van der Waals surface area contributed by atoms with E-state index >= 15 is 0 Å². The van der Waals surface area contributed by atoms with Crippen molar-refractivity contribution in [1.82, 2.24) is 14.5 Å². The Balaban J connectivity index is 2.02. The lowest BCUT2D eigenvalue weighted by molar-refractivity contribution is -0.116. The molecular weight excluding hydrogens is 372 g/mol. The second-order valence-corrected chi connectivity index (χ2v) is 7.96. The highest BCUT2D eigenvalue weighted by Crippen LogP contribution is 2.26. The molecule has 0 aliphatic carbocycles. The number of fused-ring (bicyclic) bond motifs is 1. The molecule has 0 fully saturated rings. The largest absolute Gasteiger partial charge is 0.325 e. The number of nitrogens with zero attached hydrogens (tertiary/aromatic N) is 3. The minimum atomic E-state index is -0.236. The number of hydrogen-bond donors (Lipinski definition) is 1. The lowest BCUT2D eigenvalue weighted by atomic mass is 10.2. The number of aromatic nitrogens is 2.